The topological polar surface area (TPSA) is 72.0 Å². The van der Waals surface area contributed by atoms with Crippen molar-refractivity contribution in [3.8, 4) is 0 Å². The SMILES string of the molecule is Cc1cccc(S(=O)(=O)Nc2c(Cl)ncnc2Cl)c1. The number of hydrogen-bond donors (Lipinski definition) is 1. The first-order chi connectivity index (χ1) is 8.90. The van der Waals surface area contributed by atoms with E-state index in [9.17, 15) is 8.42 Å². The second-order valence-corrected chi connectivity index (χ2v) is 6.15. The Morgan fingerprint density at radius 3 is 2.37 bits per heavy atom. The van der Waals surface area contributed by atoms with Crippen LogP contribution in [0.4, 0.5) is 5.69 Å². The van der Waals surface area contributed by atoms with Gasteiger partial charge < -0.3 is 0 Å². The van der Waals surface area contributed by atoms with E-state index < -0.39 is 10.0 Å². The largest absolute Gasteiger partial charge is 0.274 e. The van der Waals surface area contributed by atoms with Gasteiger partial charge in [0.2, 0.25) is 0 Å². The zero-order valence-electron chi connectivity index (χ0n) is 9.76. The maximum Gasteiger partial charge on any atom is 0.262 e. The van der Waals surface area contributed by atoms with Gasteiger partial charge in [0.15, 0.2) is 10.3 Å². The fraction of sp³-hybridized carbons (Fsp3) is 0.0909. The summed E-state index contributed by atoms with van der Waals surface area (Å²) in [6.07, 6.45) is 1.15. The quantitative estimate of drug-likeness (QED) is 0.883. The number of halogens is 2. The van der Waals surface area contributed by atoms with Crippen LogP contribution in [0, 0.1) is 6.92 Å². The van der Waals surface area contributed by atoms with Gasteiger partial charge in [0.05, 0.1) is 4.90 Å². The Morgan fingerprint density at radius 1 is 1.16 bits per heavy atom. The summed E-state index contributed by atoms with van der Waals surface area (Å²) in [4.78, 5) is 7.47. The highest BCUT2D eigenvalue weighted by molar-refractivity contribution is 7.92. The second kappa shape index (κ2) is 5.32. The van der Waals surface area contributed by atoms with Crippen molar-refractivity contribution >= 4 is 38.9 Å². The predicted octanol–water partition coefficient (Wildman–Crippen LogP) is 2.89. The van der Waals surface area contributed by atoms with Gasteiger partial charge in [0.1, 0.15) is 12.0 Å². The molecule has 19 heavy (non-hydrogen) atoms. The number of rotatable bonds is 3. The number of benzene rings is 1. The van der Waals surface area contributed by atoms with Crippen molar-refractivity contribution < 1.29 is 8.42 Å². The van der Waals surface area contributed by atoms with Crippen LogP contribution < -0.4 is 4.72 Å². The average Bonchev–Trinajstić information content (AvgIpc) is 2.34. The molecule has 1 heterocycles. The summed E-state index contributed by atoms with van der Waals surface area (Å²) in [6, 6.07) is 6.45. The van der Waals surface area contributed by atoms with E-state index in [-0.39, 0.29) is 20.9 Å². The minimum atomic E-state index is -3.78. The zero-order chi connectivity index (χ0) is 14.0. The number of hydrogen-bond acceptors (Lipinski definition) is 4. The summed E-state index contributed by atoms with van der Waals surface area (Å²) >= 11 is 11.6. The lowest BCUT2D eigenvalue weighted by Crippen LogP contribution is -2.14. The van der Waals surface area contributed by atoms with E-state index in [0.29, 0.717) is 0 Å². The summed E-state index contributed by atoms with van der Waals surface area (Å²) in [7, 11) is -3.78. The van der Waals surface area contributed by atoms with Crippen LogP contribution >= 0.6 is 23.2 Å². The van der Waals surface area contributed by atoms with Crippen LogP contribution in [0.15, 0.2) is 35.5 Å². The van der Waals surface area contributed by atoms with Gasteiger partial charge in [-0.1, -0.05) is 35.3 Å². The third-order valence-corrected chi connectivity index (χ3v) is 4.21. The highest BCUT2D eigenvalue weighted by atomic mass is 35.5. The van der Waals surface area contributed by atoms with Crippen molar-refractivity contribution in [3.63, 3.8) is 0 Å². The van der Waals surface area contributed by atoms with E-state index in [2.05, 4.69) is 14.7 Å². The molecule has 0 bridgehead atoms. The third kappa shape index (κ3) is 3.15. The smallest absolute Gasteiger partial charge is 0.262 e. The van der Waals surface area contributed by atoms with E-state index in [1.165, 1.54) is 12.1 Å². The Labute approximate surface area is 120 Å². The lowest BCUT2D eigenvalue weighted by Gasteiger charge is -2.10. The van der Waals surface area contributed by atoms with Crippen LogP contribution in [-0.2, 0) is 10.0 Å². The number of nitrogens with zero attached hydrogens (tertiary/aromatic N) is 2. The van der Waals surface area contributed by atoms with Crippen molar-refractivity contribution in [2.24, 2.45) is 0 Å². The Hall–Kier alpha value is -1.37. The van der Waals surface area contributed by atoms with Gasteiger partial charge in [-0.2, -0.15) is 0 Å². The predicted molar refractivity (Wildman–Crippen MR) is 74.0 cm³/mol. The summed E-state index contributed by atoms with van der Waals surface area (Å²) < 4.78 is 26.6. The fourth-order valence-corrected chi connectivity index (χ4v) is 3.10. The molecule has 1 aromatic carbocycles. The molecule has 1 aromatic heterocycles. The Bertz CT molecular complexity index is 699. The Morgan fingerprint density at radius 2 is 1.79 bits per heavy atom. The molecule has 2 aromatic rings. The first kappa shape index (κ1) is 14.0. The number of aryl methyl sites for hydroxylation is 1. The molecule has 100 valence electrons. The summed E-state index contributed by atoms with van der Waals surface area (Å²) in [5, 5.41) is -0.118. The highest BCUT2D eigenvalue weighted by Gasteiger charge is 2.18. The van der Waals surface area contributed by atoms with Gasteiger partial charge in [-0.25, -0.2) is 18.4 Å². The molecule has 1 N–H and O–H groups in total. The first-order valence-electron chi connectivity index (χ1n) is 5.15. The molecule has 0 spiro atoms. The van der Waals surface area contributed by atoms with Crippen molar-refractivity contribution in [2.75, 3.05) is 4.72 Å². The van der Waals surface area contributed by atoms with E-state index in [4.69, 9.17) is 23.2 Å². The van der Waals surface area contributed by atoms with Crippen LogP contribution in [0.3, 0.4) is 0 Å². The van der Waals surface area contributed by atoms with Crippen molar-refractivity contribution in [3.05, 3.63) is 46.5 Å². The molecule has 0 atom stereocenters. The van der Waals surface area contributed by atoms with Crippen LogP contribution in [0.1, 0.15) is 5.56 Å². The van der Waals surface area contributed by atoms with Gasteiger partial charge in [0, 0.05) is 0 Å². The van der Waals surface area contributed by atoms with E-state index in [1.54, 1.807) is 19.1 Å². The molecule has 0 amide bonds. The third-order valence-electron chi connectivity index (χ3n) is 2.29. The minimum absolute atomic E-state index is 0.0349. The molecule has 0 radical (unpaired) electrons. The van der Waals surface area contributed by atoms with Crippen LogP contribution in [0.25, 0.3) is 0 Å². The van der Waals surface area contributed by atoms with Gasteiger partial charge in [0.25, 0.3) is 10.0 Å². The molecule has 8 heteroatoms. The van der Waals surface area contributed by atoms with Gasteiger partial charge in [-0.15, -0.1) is 0 Å². The Balaban J connectivity index is 2.42. The molecule has 0 saturated carbocycles. The van der Waals surface area contributed by atoms with E-state index in [0.717, 1.165) is 11.9 Å². The van der Waals surface area contributed by atoms with Crippen LogP contribution in [0.5, 0.6) is 0 Å². The fourth-order valence-electron chi connectivity index (χ4n) is 1.40. The molecule has 0 saturated heterocycles. The summed E-state index contributed by atoms with van der Waals surface area (Å²) in [5.74, 6) is 0. The van der Waals surface area contributed by atoms with Gasteiger partial charge >= 0.3 is 0 Å². The molecular formula is C11H9Cl2N3O2S. The molecule has 0 fully saturated rings. The average molecular weight is 318 g/mol. The van der Waals surface area contributed by atoms with Crippen molar-refractivity contribution in [2.45, 2.75) is 11.8 Å². The Kier molecular flexibility index (Phi) is 3.93. The molecule has 0 aliphatic carbocycles. The normalized spacial score (nSPS) is 11.3. The van der Waals surface area contributed by atoms with Crippen LogP contribution in [0.2, 0.25) is 10.3 Å². The first-order valence-corrected chi connectivity index (χ1v) is 7.39. The zero-order valence-corrected chi connectivity index (χ0v) is 12.1. The minimum Gasteiger partial charge on any atom is -0.274 e. The molecular weight excluding hydrogens is 309 g/mol. The van der Waals surface area contributed by atoms with Crippen molar-refractivity contribution in [1.29, 1.82) is 0 Å². The highest BCUT2D eigenvalue weighted by Crippen LogP contribution is 2.28. The van der Waals surface area contributed by atoms with Gasteiger partial charge in [-0.05, 0) is 24.6 Å². The molecule has 0 aliphatic heterocycles. The summed E-state index contributed by atoms with van der Waals surface area (Å²) in [6.45, 7) is 1.80. The monoisotopic (exact) mass is 317 g/mol. The van der Waals surface area contributed by atoms with Crippen molar-refractivity contribution in [1.82, 2.24) is 9.97 Å². The summed E-state index contributed by atoms with van der Waals surface area (Å²) in [5.41, 5.74) is 0.789. The van der Waals surface area contributed by atoms with Crippen LogP contribution in [-0.4, -0.2) is 18.4 Å². The molecule has 0 unspecified atom stereocenters. The van der Waals surface area contributed by atoms with Gasteiger partial charge in [-0.3, -0.25) is 4.72 Å². The lowest BCUT2D eigenvalue weighted by molar-refractivity contribution is 0.601. The second-order valence-electron chi connectivity index (χ2n) is 3.75. The number of sulfonamides is 1. The molecule has 2 rings (SSSR count). The molecule has 5 nitrogen and oxygen atoms in total. The lowest BCUT2D eigenvalue weighted by atomic mass is 10.2. The number of aromatic nitrogens is 2. The van der Waals surface area contributed by atoms with E-state index in [1.807, 2.05) is 0 Å². The standard InChI is InChI=1S/C11H9Cl2N3O2S/c1-7-3-2-4-8(5-7)19(17,18)16-9-10(12)14-6-15-11(9)13/h2-6,16H,1H3. The van der Waals surface area contributed by atoms with E-state index >= 15 is 0 Å². The maximum atomic E-state index is 12.2. The number of anilines is 1. The number of nitrogens with one attached hydrogen (secondary N) is 1. The maximum absolute atomic E-state index is 12.2. The molecule has 0 aliphatic rings.